The minimum atomic E-state index is -0.647. The molecular weight excluding hydrogens is 170 g/mol. The highest BCUT2D eigenvalue weighted by atomic mass is 32.2. The first kappa shape index (κ1) is 10.4. The monoisotopic (exact) mass is 189 g/mol. The molecule has 12 heavy (non-hydrogen) atoms. The zero-order chi connectivity index (χ0) is 9.41. The van der Waals surface area contributed by atoms with Gasteiger partial charge >= 0.3 is 0 Å². The highest BCUT2D eigenvalue weighted by molar-refractivity contribution is 7.99. The van der Waals surface area contributed by atoms with Crippen molar-refractivity contribution in [1.29, 1.82) is 0 Å². The molecule has 1 fully saturated rings. The first-order valence-corrected chi connectivity index (χ1v) is 5.64. The molecule has 1 heterocycles. The average Bonchev–Trinajstić information content (AvgIpc) is 2.37. The molecule has 1 aliphatic heterocycles. The number of nitrogens with two attached hydrogens (primary N) is 1. The van der Waals surface area contributed by atoms with Crippen LogP contribution in [0.4, 0.5) is 0 Å². The molecule has 0 radical (unpaired) electrons. The third-order valence-corrected chi connectivity index (χ3v) is 4.38. The van der Waals surface area contributed by atoms with Gasteiger partial charge in [-0.25, -0.2) is 0 Å². The summed E-state index contributed by atoms with van der Waals surface area (Å²) >= 11 is 1.80. The third-order valence-electron chi connectivity index (χ3n) is 3.20. The van der Waals surface area contributed by atoms with Gasteiger partial charge in [-0.15, -0.1) is 0 Å². The second kappa shape index (κ2) is 3.20. The summed E-state index contributed by atoms with van der Waals surface area (Å²) < 4.78 is 0. The van der Waals surface area contributed by atoms with Crippen molar-refractivity contribution < 1.29 is 5.11 Å². The molecule has 0 spiro atoms. The van der Waals surface area contributed by atoms with Crippen molar-refractivity contribution in [1.82, 2.24) is 0 Å². The van der Waals surface area contributed by atoms with E-state index in [1.165, 1.54) is 0 Å². The minimum absolute atomic E-state index is 0.321. The van der Waals surface area contributed by atoms with Crippen LogP contribution in [-0.4, -0.2) is 27.8 Å². The summed E-state index contributed by atoms with van der Waals surface area (Å²) in [6.07, 6.45) is 0.836. The molecule has 2 nitrogen and oxygen atoms in total. The summed E-state index contributed by atoms with van der Waals surface area (Å²) in [7, 11) is 0. The van der Waals surface area contributed by atoms with E-state index in [0.29, 0.717) is 5.92 Å². The predicted molar refractivity (Wildman–Crippen MR) is 54.3 cm³/mol. The van der Waals surface area contributed by atoms with Crippen molar-refractivity contribution in [2.24, 2.45) is 11.7 Å². The van der Waals surface area contributed by atoms with E-state index in [4.69, 9.17) is 5.73 Å². The summed E-state index contributed by atoms with van der Waals surface area (Å²) in [5.41, 5.74) is 5.04. The Morgan fingerprint density at radius 2 is 2.17 bits per heavy atom. The van der Waals surface area contributed by atoms with Gasteiger partial charge in [0.2, 0.25) is 0 Å². The van der Waals surface area contributed by atoms with Gasteiger partial charge in [0, 0.05) is 11.3 Å². The number of aliphatic hydroxyl groups is 1. The zero-order valence-corrected chi connectivity index (χ0v) is 8.95. The fourth-order valence-corrected chi connectivity index (χ4v) is 2.94. The average molecular weight is 189 g/mol. The van der Waals surface area contributed by atoms with Crippen LogP contribution in [0.3, 0.4) is 0 Å². The molecule has 0 aliphatic carbocycles. The van der Waals surface area contributed by atoms with E-state index in [0.717, 1.165) is 17.9 Å². The van der Waals surface area contributed by atoms with Crippen LogP contribution in [0.2, 0.25) is 0 Å². The summed E-state index contributed by atoms with van der Waals surface area (Å²) in [5.74, 6) is 2.15. The van der Waals surface area contributed by atoms with Crippen molar-refractivity contribution >= 4 is 11.8 Å². The Morgan fingerprint density at radius 1 is 1.58 bits per heavy atom. The molecular formula is C9H19NOS. The van der Waals surface area contributed by atoms with Gasteiger partial charge in [0.05, 0.1) is 5.60 Å². The largest absolute Gasteiger partial charge is 0.387 e. The Balaban J connectivity index is 2.78. The van der Waals surface area contributed by atoms with Crippen LogP contribution >= 0.6 is 11.8 Å². The van der Waals surface area contributed by atoms with Crippen molar-refractivity contribution in [2.45, 2.75) is 38.3 Å². The van der Waals surface area contributed by atoms with Crippen LogP contribution in [0.5, 0.6) is 0 Å². The van der Waals surface area contributed by atoms with Gasteiger partial charge in [0.1, 0.15) is 0 Å². The summed E-state index contributed by atoms with van der Waals surface area (Å²) in [5, 5.41) is 10.2. The normalized spacial score (nSPS) is 35.5. The Bertz CT molecular complexity index is 159. The first-order valence-electron chi connectivity index (χ1n) is 4.49. The Hall–Kier alpha value is 0.270. The van der Waals surface area contributed by atoms with Crippen molar-refractivity contribution in [3.8, 4) is 0 Å². The summed E-state index contributed by atoms with van der Waals surface area (Å²) in [4.78, 5) is 0. The fourth-order valence-electron chi connectivity index (χ4n) is 1.52. The molecule has 72 valence electrons. The van der Waals surface area contributed by atoms with Gasteiger partial charge < -0.3 is 10.8 Å². The maximum atomic E-state index is 10.2. The van der Waals surface area contributed by atoms with E-state index < -0.39 is 11.1 Å². The van der Waals surface area contributed by atoms with E-state index in [-0.39, 0.29) is 0 Å². The number of rotatable bonds is 2. The third kappa shape index (κ3) is 1.50. The van der Waals surface area contributed by atoms with Gasteiger partial charge in [0.25, 0.3) is 0 Å². The number of thioether (sulfide) groups is 1. The maximum Gasteiger partial charge on any atom is 0.0923 e. The van der Waals surface area contributed by atoms with Gasteiger partial charge in [0.15, 0.2) is 0 Å². The maximum absolute atomic E-state index is 10.2. The van der Waals surface area contributed by atoms with Crippen LogP contribution in [0.25, 0.3) is 0 Å². The van der Waals surface area contributed by atoms with E-state index in [9.17, 15) is 5.11 Å². The Kier molecular flexibility index (Phi) is 2.76. The zero-order valence-electron chi connectivity index (χ0n) is 8.13. The van der Waals surface area contributed by atoms with Crippen LogP contribution in [0.15, 0.2) is 0 Å². The lowest BCUT2D eigenvalue weighted by Crippen LogP contribution is -2.62. The van der Waals surface area contributed by atoms with Crippen LogP contribution < -0.4 is 5.73 Å². The van der Waals surface area contributed by atoms with Crippen molar-refractivity contribution in [2.75, 3.05) is 11.5 Å². The quantitative estimate of drug-likeness (QED) is 0.687. The number of hydrogen-bond acceptors (Lipinski definition) is 3. The summed E-state index contributed by atoms with van der Waals surface area (Å²) in [6, 6.07) is 0. The lowest BCUT2D eigenvalue weighted by molar-refractivity contribution is -0.0250. The second-order valence-electron chi connectivity index (χ2n) is 4.27. The smallest absolute Gasteiger partial charge is 0.0923 e. The molecule has 1 rings (SSSR count). The molecule has 3 heteroatoms. The highest BCUT2D eigenvalue weighted by Crippen LogP contribution is 2.38. The molecule has 0 saturated carbocycles. The van der Waals surface area contributed by atoms with Crippen molar-refractivity contribution in [3.63, 3.8) is 0 Å². The second-order valence-corrected chi connectivity index (χ2v) is 5.38. The Labute approximate surface area is 78.9 Å². The lowest BCUT2D eigenvalue weighted by atomic mass is 9.74. The van der Waals surface area contributed by atoms with Gasteiger partial charge in [-0.1, -0.05) is 13.8 Å². The van der Waals surface area contributed by atoms with E-state index in [1.807, 2.05) is 6.92 Å². The molecule has 2 atom stereocenters. The molecule has 2 unspecified atom stereocenters. The van der Waals surface area contributed by atoms with E-state index in [2.05, 4.69) is 13.8 Å². The predicted octanol–water partition coefficient (Wildman–Crippen LogP) is 1.23. The first-order chi connectivity index (χ1) is 5.40. The molecule has 1 aliphatic rings. The molecule has 0 amide bonds. The SMILES string of the molecule is CC(C)C(C)(N)C1(O)CCSC1. The van der Waals surface area contributed by atoms with Crippen molar-refractivity contribution in [3.05, 3.63) is 0 Å². The fraction of sp³-hybridized carbons (Fsp3) is 1.00. The topological polar surface area (TPSA) is 46.2 Å². The molecule has 0 aromatic rings. The molecule has 0 aromatic heterocycles. The molecule has 0 aromatic carbocycles. The standard InChI is InChI=1S/C9H19NOS/c1-7(2)8(3,10)9(11)4-5-12-6-9/h7,11H,4-6,10H2,1-3H3. The van der Waals surface area contributed by atoms with Crippen LogP contribution in [-0.2, 0) is 0 Å². The van der Waals surface area contributed by atoms with E-state index >= 15 is 0 Å². The molecule has 3 N–H and O–H groups in total. The van der Waals surface area contributed by atoms with Gasteiger partial charge in [-0.3, -0.25) is 0 Å². The molecule has 1 saturated heterocycles. The lowest BCUT2D eigenvalue weighted by Gasteiger charge is -2.42. The molecule has 0 bridgehead atoms. The summed E-state index contributed by atoms with van der Waals surface area (Å²) in [6.45, 7) is 6.10. The van der Waals surface area contributed by atoms with Crippen LogP contribution in [0.1, 0.15) is 27.2 Å². The van der Waals surface area contributed by atoms with Gasteiger partial charge in [-0.2, -0.15) is 11.8 Å². The van der Waals surface area contributed by atoms with Crippen LogP contribution in [0, 0.1) is 5.92 Å². The van der Waals surface area contributed by atoms with E-state index in [1.54, 1.807) is 11.8 Å². The Morgan fingerprint density at radius 3 is 2.50 bits per heavy atom. The van der Waals surface area contributed by atoms with Gasteiger partial charge in [-0.05, 0) is 25.0 Å². The number of hydrogen-bond donors (Lipinski definition) is 2. The highest BCUT2D eigenvalue weighted by Gasteiger charge is 2.47. The minimum Gasteiger partial charge on any atom is -0.387 e.